The summed E-state index contributed by atoms with van der Waals surface area (Å²) in [5, 5.41) is 4.20. The van der Waals surface area contributed by atoms with Gasteiger partial charge in [-0.15, -0.1) is 11.3 Å². The van der Waals surface area contributed by atoms with Crippen LogP contribution in [0.5, 0.6) is 0 Å². The Balaban J connectivity index is 1.61. The van der Waals surface area contributed by atoms with Crippen LogP contribution in [-0.2, 0) is 33.7 Å². The number of fused-ring (bicyclic) bond motifs is 3. The van der Waals surface area contributed by atoms with Gasteiger partial charge in [-0.2, -0.15) is 0 Å². The third-order valence-corrected chi connectivity index (χ3v) is 7.32. The predicted octanol–water partition coefficient (Wildman–Crippen LogP) is 1.98. The molecule has 9 heteroatoms. The van der Waals surface area contributed by atoms with Crippen LogP contribution in [0.4, 0.5) is 0 Å². The highest BCUT2D eigenvalue weighted by molar-refractivity contribution is 7.99. The fourth-order valence-electron chi connectivity index (χ4n) is 3.80. The molecule has 1 atom stereocenters. The molecule has 1 fully saturated rings. The number of carbonyl (C=O) groups is 1. The minimum atomic E-state index is -0.0891. The molecule has 7 nitrogen and oxygen atoms in total. The number of amides is 1. The molecule has 0 aromatic carbocycles. The van der Waals surface area contributed by atoms with E-state index in [1.165, 1.54) is 22.2 Å². The van der Waals surface area contributed by atoms with E-state index in [-0.39, 0.29) is 23.3 Å². The number of aryl methyl sites for hydroxylation is 2. The van der Waals surface area contributed by atoms with E-state index in [1.807, 2.05) is 0 Å². The van der Waals surface area contributed by atoms with Crippen molar-refractivity contribution in [3.8, 4) is 0 Å². The Labute approximate surface area is 171 Å². The number of methoxy groups -OCH3 is 1. The van der Waals surface area contributed by atoms with Crippen LogP contribution in [0.3, 0.4) is 0 Å². The zero-order valence-electron chi connectivity index (χ0n) is 16.0. The van der Waals surface area contributed by atoms with Crippen LogP contribution in [0.2, 0.25) is 0 Å². The molecule has 28 heavy (non-hydrogen) atoms. The topological polar surface area (TPSA) is 82.5 Å². The lowest BCUT2D eigenvalue weighted by Crippen LogP contribution is -2.31. The van der Waals surface area contributed by atoms with Crippen molar-refractivity contribution in [3.63, 3.8) is 0 Å². The Hall–Kier alpha value is -1.42. The smallest absolute Gasteiger partial charge is 0.263 e. The van der Waals surface area contributed by atoms with E-state index in [1.54, 1.807) is 23.0 Å². The third-order valence-electron chi connectivity index (χ3n) is 5.16. The van der Waals surface area contributed by atoms with E-state index in [2.05, 4.69) is 5.32 Å². The van der Waals surface area contributed by atoms with Gasteiger partial charge in [-0.25, -0.2) is 4.98 Å². The number of nitrogens with zero attached hydrogens (tertiary/aromatic N) is 2. The van der Waals surface area contributed by atoms with E-state index in [9.17, 15) is 9.59 Å². The zero-order valence-corrected chi connectivity index (χ0v) is 17.6. The maximum Gasteiger partial charge on any atom is 0.263 e. The Kier molecular flexibility index (Phi) is 6.35. The van der Waals surface area contributed by atoms with Crippen molar-refractivity contribution < 1.29 is 14.3 Å². The average molecular weight is 424 g/mol. The monoisotopic (exact) mass is 423 g/mol. The van der Waals surface area contributed by atoms with Gasteiger partial charge in [0, 0.05) is 25.1 Å². The van der Waals surface area contributed by atoms with Gasteiger partial charge in [-0.05, 0) is 37.7 Å². The number of hydrogen-bond donors (Lipinski definition) is 1. The summed E-state index contributed by atoms with van der Waals surface area (Å²) in [5.74, 6) is 0.131. The van der Waals surface area contributed by atoms with Gasteiger partial charge in [0.2, 0.25) is 5.91 Å². The van der Waals surface area contributed by atoms with E-state index >= 15 is 0 Å². The average Bonchev–Trinajstić information content (AvgIpc) is 3.40. The quantitative estimate of drug-likeness (QED) is 0.397. The summed E-state index contributed by atoms with van der Waals surface area (Å²) in [5.41, 5.74) is 1.20. The number of nitrogens with one attached hydrogen (secondary N) is 1. The summed E-state index contributed by atoms with van der Waals surface area (Å²) in [6.45, 7) is 2.20. The van der Waals surface area contributed by atoms with Crippen molar-refractivity contribution in [2.75, 3.05) is 32.6 Å². The van der Waals surface area contributed by atoms with Gasteiger partial charge in [0.15, 0.2) is 5.16 Å². The molecule has 0 bridgehead atoms. The molecule has 1 aliphatic carbocycles. The summed E-state index contributed by atoms with van der Waals surface area (Å²) in [7, 11) is 1.60. The van der Waals surface area contributed by atoms with Gasteiger partial charge < -0.3 is 14.8 Å². The van der Waals surface area contributed by atoms with Crippen LogP contribution in [0, 0.1) is 0 Å². The normalized spacial score (nSPS) is 18.7. The highest BCUT2D eigenvalue weighted by Gasteiger charge is 2.25. The molecule has 152 valence electrons. The van der Waals surface area contributed by atoms with E-state index in [0.717, 1.165) is 48.9 Å². The Morgan fingerprint density at radius 2 is 2.32 bits per heavy atom. The molecule has 1 aliphatic heterocycles. The van der Waals surface area contributed by atoms with Crippen molar-refractivity contribution in [1.82, 2.24) is 14.9 Å². The van der Waals surface area contributed by atoms with E-state index in [4.69, 9.17) is 14.5 Å². The van der Waals surface area contributed by atoms with Crippen LogP contribution >= 0.6 is 23.1 Å². The molecular formula is C19H25N3O4S2. The highest BCUT2D eigenvalue weighted by atomic mass is 32.2. The number of ether oxygens (including phenoxy) is 2. The lowest BCUT2D eigenvalue weighted by molar-refractivity contribution is -0.118. The molecule has 2 aromatic rings. The Morgan fingerprint density at radius 1 is 1.43 bits per heavy atom. The van der Waals surface area contributed by atoms with Crippen LogP contribution in [0.15, 0.2) is 9.95 Å². The maximum atomic E-state index is 13.4. The van der Waals surface area contributed by atoms with Crippen molar-refractivity contribution in [2.45, 2.75) is 49.9 Å². The summed E-state index contributed by atoms with van der Waals surface area (Å²) >= 11 is 2.95. The maximum absolute atomic E-state index is 13.4. The van der Waals surface area contributed by atoms with E-state index in [0.29, 0.717) is 24.9 Å². The minimum absolute atomic E-state index is 0.0159. The summed E-state index contributed by atoms with van der Waals surface area (Å²) in [6, 6.07) is 0. The highest BCUT2D eigenvalue weighted by Crippen LogP contribution is 2.35. The lowest BCUT2D eigenvalue weighted by Gasteiger charge is -2.16. The van der Waals surface area contributed by atoms with Crippen LogP contribution in [-0.4, -0.2) is 54.2 Å². The standard InChI is InChI=1S/C19H25N3O4S2/c1-25-9-7-20-15(23)11-27-19-21-17-16(13-5-2-6-14(13)28-17)18(24)22(19)10-12-4-3-8-26-12/h12H,2-11H2,1H3,(H,20,23)/t12-/m1/s1. The first-order valence-electron chi connectivity index (χ1n) is 9.72. The lowest BCUT2D eigenvalue weighted by atomic mass is 10.2. The van der Waals surface area contributed by atoms with Crippen molar-refractivity contribution in [2.24, 2.45) is 0 Å². The summed E-state index contributed by atoms with van der Waals surface area (Å²) in [6.07, 6.45) is 5.12. The summed E-state index contributed by atoms with van der Waals surface area (Å²) < 4.78 is 12.4. The fourth-order valence-corrected chi connectivity index (χ4v) is 5.94. The molecule has 4 rings (SSSR count). The number of thiophene rings is 1. The van der Waals surface area contributed by atoms with Gasteiger partial charge in [0.05, 0.1) is 30.4 Å². The second-order valence-electron chi connectivity index (χ2n) is 7.11. The molecule has 0 radical (unpaired) electrons. The Bertz CT molecular complexity index is 918. The molecular weight excluding hydrogens is 398 g/mol. The fraction of sp³-hybridized carbons (Fsp3) is 0.632. The van der Waals surface area contributed by atoms with Gasteiger partial charge >= 0.3 is 0 Å². The first-order valence-corrected chi connectivity index (χ1v) is 11.5. The molecule has 2 aliphatic rings. The first kappa shape index (κ1) is 19.9. The molecule has 1 amide bonds. The number of hydrogen-bond acceptors (Lipinski definition) is 7. The van der Waals surface area contributed by atoms with Crippen LogP contribution in [0.1, 0.15) is 29.7 Å². The van der Waals surface area contributed by atoms with Gasteiger partial charge in [0.25, 0.3) is 5.56 Å². The Morgan fingerprint density at radius 3 is 3.11 bits per heavy atom. The van der Waals surface area contributed by atoms with E-state index < -0.39 is 0 Å². The molecule has 0 unspecified atom stereocenters. The molecule has 0 spiro atoms. The first-order chi connectivity index (χ1) is 13.7. The molecule has 1 N–H and O–H groups in total. The molecule has 1 saturated heterocycles. The van der Waals surface area contributed by atoms with Crippen LogP contribution < -0.4 is 10.9 Å². The number of carbonyl (C=O) groups excluding carboxylic acids is 1. The SMILES string of the molecule is COCCNC(=O)CSc1nc2sc3c(c2c(=O)n1C[C@H]1CCCO1)CCC3. The van der Waals surface area contributed by atoms with Gasteiger partial charge in [-0.3, -0.25) is 14.2 Å². The second kappa shape index (κ2) is 8.94. The molecule has 2 aromatic heterocycles. The van der Waals surface area contributed by atoms with Gasteiger partial charge in [-0.1, -0.05) is 11.8 Å². The predicted molar refractivity (Wildman–Crippen MR) is 110 cm³/mol. The van der Waals surface area contributed by atoms with Crippen LogP contribution in [0.25, 0.3) is 10.2 Å². The van der Waals surface area contributed by atoms with Crippen molar-refractivity contribution in [3.05, 3.63) is 20.8 Å². The zero-order chi connectivity index (χ0) is 19.5. The number of aromatic nitrogens is 2. The third kappa shape index (κ3) is 4.12. The number of thioether (sulfide) groups is 1. The molecule has 0 saturated carbocycles. The molecule has 3 heterocycles. The van der Waals surface area contributed by atoms with Crippen molar-refractivity contribution >= 4 is 39.2 Å². The largest absolute Gasteiger partial charge is 0.383 e. The minimum Gasteiger partial charge on any atom is -0.383 e. The van der Waals surface area contributed by atoms with Crippen molar-refractivity contribution in [1.29, 1.82) is 0 Å². The second-order valence-corrected chi connectivity index (χ2v) is 9.14. The number of rotatable bonds is 8. The van der Waals surface area contributed by atoms with Gasteiger partial charge in [0.1, 0.15) is 4.83 Å². The summed E-state index contributed by atoms with van der Waals surface area (Å²) in [4.78, 5) is 32.3.